The van der Waals surface area contributed by atoms with E-state index in [9.17, 15) is 19.7 Å². The Labute approximate surface area is 195 Å². The Bertz CT molecular complexity index is 1430. The SMILES string of the molecule is CCOc1ccc(N(Cc2cc3ccc(C)cc3[nH]c2=O)C(=O)c2cccc([N+](=O)[O-])c2)cc1. The molecule has 172 valence electrons. The normalized spacial score (nSPS) is 10.8. The number of aromatic amines is 1. The van der Waals surface area contributed by atoms with Crippen molar-refractivity contribution >= 4 is 28.2 Å². The van der Waals surface area contributed by atoms with Gasteiger partial charge >= 0.3 is 0 Å². The minimum absolute atomic E-state index is 0.0192. The number of pyridine rings is 1. The third-order valence-corrected chi connectivity index (χ3v) is 5.42. The van der Waals surface area contributed by atoms with Crippen LogP contribution < -0.4 is 15.2 Å². The van der Waals surface area contributed by atoms with Crippen LogP contribution in [-0.4, -0.2) is 22.4 Å². The van der Waals surface area contributed by atoms with Crippen molar-refractivity contribution < 1.29 is 14.5 Å². The Morgan fingerprint density at radius 1 is 1.06 bits per heavy atom. The first-order valence-corrected chi connectivity index (χ1v) is 10.8. The number of amides is 1. The van der Waals surface area contributed by atoms with Crippen LogP contribution in [0.3, 0.4) is 0 Å². The quantitative estimate of drug-likeness (QED) is 0.311. The molecular weight excluding hydrogens is 434 g/mol. The second-order valence-corrected chi connectivity index (χ2v) is 7.84. The molecule has 0 radical (unpaired) electrons. The molecule has 8 nitrogen and oxygen atoms in total. The van der Waals surface area contributed by atoms with Gasteiger partial charge in [-0.05, 0) is 67.3 Å². The van der Waals surface area contributed by atoms with Crippen molar-refractivity contribution in [3.05, 3.63) is 110 Å². The highest BCUT2D eigenvalue weighted by Gasteiger charge is 2.22. The number of nitro benzene ring substituents is 1. The number of rotatable bonds is 7. The van der Waals surface area contributed by atoms with Gasteiger partial charge < -0.3 is 14.6 Å². The smallest absolute Gasteiger partial charge is 0.270 e. The molecule has 0 spiro atoms. The second-order valence-electron chi connectivity index (χ2n) is 7.84. The van der Waals surface area contributed by atoms with Gasteiger partial charge in [0.2, 0.25) is 0 Å². The van der Waals surface area contributed by atoms with Crippen LogP contribution in [0.5, 0.6) is 5.75 Å². The van der Waals surface area contributed by atoms with Crippen LogP contribution in [0.25, 0.3) is 10.9 Å². The zero-order valence-electron chi connectivity index (χ0n) is 18.8. The molecule has 4 rings (SSSR count). The van der Waals surface area contributed by atoms with Gasteiger partial charge in [0.05, 0.1) is 18.1 Å². The van der Waals surface area contributed by atoms with Crippen molar-refractivity contribution in [2.45, 2.75) is 20.4 Å². The van der Waals surface area contributed by atoms with Crippen molar-refractivity contribution in [1.29, 1.82) is 0 Å². The van der Waals surface area contributed by atoms with Crippen LogP contribution in [-0.2, 0) is 6.54 Å². The van der Waals surface area contributed by atoms with E-state index < -0.39 is 10.8 Å². The molecule has 0 bridgehead atoms. The van der Waals surface area contributed by atoms with E-state index in [1.807, 2.05) is 32.0 Å². The van der Waals surface area contributed by atoms with Crippen molar-refractivity contribution in [3.8, 4) is 5.75 Å². The molecule has 8 heteroatoms. The summed E-state index contributed by atoms with van der Waals surface area (Å²) in [5, 5.41) is 12.1. The molecule has 1 N–H and O–H groups in total. The zero-order chi connectivity index (χ0) is 24.2. The number of carbonyl (C=O) groups is 1. The Morgan fingerprint density at radius 3 is 2.53 bits per heavy atom. The zero-order valence-corrected chi connectivity index (χ0v) is 18.8. The summed E-state index contributed by atoms with van der Waals surface area (Å²) in [5.74, 6) is 0.184. The molecule has 0 aliphatic carbocycles. The van der Waals surface area contributed by atoms with Gasteiger partial charge in [-0.3, -0.25) is 19.7 Å². The Balaban J connectivity index is 1.77. The summed E-state index contributed by atoms with van der Waals surface area (Å²) in [5.41, 5.74) is 2.32. The van der Waals surface area contributed by atoms with E-state index in [-0.39, 0.29) is 23.4 Å². The highest BCUT2D eigenvalue weighted by atomic mass is 16.6. The third kappa shape index (κ3) is 4.80. The van der Waals surface area contributed by atoms with Gasteiger partial charge in [0.15, 0.2) is 0 Å². The van der Waals surface area contributed by atoms with Crippen LogP contribution in [0, 0.1) is 17.0 Å². The number of nitrogens with one attached hydrogen (secondary N) is 1. The monoisotopic (exact) mass is 457 g/mol. The van der Waals surface area contributed by atoms with E-state index in [2.05, 4.69) is 4.98 Å². The lowest BCUT2D eigenvalue weighted by atomic mass is 10.1. The van der Waals surface area contributed by atoms with Gasteiger partial charge in [0.1, 0.15) is 5.75 Å². The van der Waals surface area contributed by atoms with Crippen molar-refractivity contribution in [2.75, 3.05) is 11.5 Å². The Morgan fingerprint density at radius 2 is 1.82 bits per heavy atom. The largest absolute Gasteiger partial charge is 0.494 e. The topological polar surface area (TPSA) is 106 Å². The van der Waals surface area contributed by atoms with Crippen LogP contribution >= 0.6 is 0 Å². The minimum Gasteiger partial charge on any atom is -0.494 e. The second kappa shape index (κ2) is 9.58. The van der Waals surface area contributed by atoms with E-state index in [1.165, 1.54) is 29.2 Å². The lowest BCUT2D eigenvalue weighted by Crippen LogP contribution is -2.33. The molecule has 1 aromatic heterocycles. The maximum absolute atomic E-state index is 13.5. The van der Waals surface area contributed by atoms with E-state index in [4.69, 9.17) is 4.74 Å². The fourth-order valence-electron chi connectivity index (χ4n) is 3.73. The number of carbonyl (C=O) groups excluding carboxylic acids is 1. The number of nitro groups is 1. The minimum atomic E-state index is -0.548. The van der Waals surface area contributed by atoms with E-state index in [0.717, 1.165) is 10.9 Å². The summed E-state index contributed by atoms with van der Waals surface area (Å²) in [7, 11) is 0. The molecule has 4 aromatic rings. The van der Waals surface area contributed by atoms with Crippen LogP contribution in [0.4, 0.5) is 11.4 Å². The van der Waals surface area contributed by atoms with Crippen molar-refractivity contribution in [2.24, 2.45) is 0 Å². The van der Waals surface area contributed by atoms with Crippen LogP contribution in [0.15, 0.2) is 77.6 Å². The maximum Gasteiger partial charge on any atom is 0.270 e. The Kier molecular flexibility index (Phi) is 6.40. The summed E-state index contributed by atoms with van der Waals surface area (Å²) in [6.07, 6.45) is 0. The lowest BCUT2D eigenvalue weighted by Gasteiger charge is -2.23. The van der Waals surface area contributed by atoms with Gasteiger partial charge in [0.25, 0.3) is 17.2 Å². The number of anilines is 1. The summed E-state index contributed by atoms with van der Waals surface area (Å²) >= 11 is 0. The summed E-state index contributed by atoms with van der Waals surface area (Å²) < 4.78 is 5.49. The molecule has 0 aliphatic heterocycles. The fourth-order valence-corrected chi connectivity index (χ4v) is 3.73. The highest BCUT2D eigenvalue weighted by molar-refractivity contribution is 6.06. The van der Waals surface area contributed by atoms with E-state index >= 15 is 0 Å². The van der Waals surface area contributed by atoms with Gasteiger partial charge in [-0.15, -0.1) is 0 Å². The van der Waals surface area contributed by atoms with Crippen molar-refractivity contribution in [3.63, 3.8) is 0 Å². The predicted octanol–water partition coefficient (Wildman–Crippen LogP) is 4.99. The number of fused-ring (bicyclic) bond motifs is 1. The molecule has 0 saturated heterocycles. The Hall–Kier alpha value is -4.46. The number of aryl methyl sites for hydroxylation is 1. The van der Waals surface area contributed by atoms with Crippen LogP contribution in [0.2, 0.25) is 0 Å². The maximum atomic E-state index is 13.5. The molecule has 0 aliphatic rings. The van der Waals surface area contributed by atoms with Gasteiger partial charge in [0, 0.05) is 34.5 Å². The number of ether oxygens (including phenoxy) is 1. The van der Waals surface area contributed by atoms with Gasteiger partial charge in [-0.25, -0.2) is 0 Å². The molecule has 0 saturated carbocycles. The number of benzene rings is 3. The fraction of sp³-hybridized carbons (Fsp3) is 0.154. The number of H-pyrrole nitrogens is 1. The molecule has 0 atom stereocenters. The molecule has 1 amide bonds. The lowest BCUT2D eigenvalue weighted by molar-refractivity contribution is -0.384. The number of aromatic nitrogens is 1. The molecule has 34 heavy (non-hydrogen) atoms. The molecule has 1 heterocycles. The predicted molar refractivity (Wildman–Crippen MR) is 131 cm³/mol. The molecule has 0 fully saturated rings. The number of nitrogens with zero attached hydrogens (tertiary/aromatic N) is 2. The summed E-state index contributed by atoms with van der Waals surface area (Å²) in [6, 6.07) is 20.0. The van der Waals surface area contributed by atoms with Crippen LogP contribution in [0.1, 0.15) is 28.4 Å². The first-order chi connectivity index (χ1) is 16.4. The third-order valence-electron chi connectivity index (χ3n) is 5.42. The summed E-state index contributed by atoms with van der Waals surface area (Å²) in [4.78, 5) is 41.3. The standard InChI is InChI=1S/C26H23N3O5/c1-3-34-23-11-9-21(10-12-23)28(26(31)19-5-4-6-22(15-19)29(32)33)16-20-14-18-8-7-17(2)13-24(18)27-25(20)30/h4-15H,3,16H2,1-2H3,(H,27,30). The molecule has 0 unspecified atom stereocenters. The summed E-state index contributed by atoms with van der Waals surface area (Å²) in [6.45, 7) is 4.30. The van der Waals surface area contributed by atoms with Gasteiger partial charge in [-0.1, -0.05) is 18.2 Å². The average molecular weight is 457 g/mol. The average Bonchev–Trinajstić information content (AvgIpc) is 2.83. The number of non-ortho nitro benzene ring substituents is 1. The number of hydrogen-bond acceptors (Lipinski definition) is 5. The van der Waals surface area contributed by atoms with Gasteiger partial charge in [-0.2, -0.15) is 0 Å². The van der Waals surface area contributed by atoms with E-state index in [1.54, 1.807) is 30.3 Å². The highest BCUT2D eigenvalue weighted by Crippen LogP contribution is 2.25. The van der Waals surface area contributed by atoms with E-state index in [0.29, 0.717) is 29.1 Å². The molecular formula is C26H23N3O5. The molecule has 3 aromatic carbocycles. The first-order valence-electron chi connectivity index (χ1n) is 10.8. The number of hydrogen-bond donors (Lipinski definition) is 1. The van der Waals surface area contributed by atoms with Crippen molar-refractivity contribution in [1.82, 2.24) is 4.98 Å². The first kappa shape index (κ1) is 22.7.